The third-order valence-electron chi connectivity index (χ3n) is 5.48. The van der Waals surface area contributed by atoms with Crippen molar-refractivity contribution in [1.29, 1.82) is 0 Å². The van der Waals surface area contributed by atoms with Gasteiger partial charge in [-0.3, -0.25) is 0 Å². The minimum Gasteiger partial charge on any atom is -0.396 e. The van der Waals surface area contributed by atoms with Gasteiger partial charge in [-0.05, 0) is 42.9 Å². The summed E-state index contributed by atoms with van der Waals surface area (Å²) in [4.78, 5) is 0. The predicted molar refractivity (Wildman–Crippen MR) is 68.2 cm³/mol. The fraction of sp³-hybridized carbons (Fsp3) is 0.867. The van der Waals surface area contributed by atoms with Crippen molar-refractivity contribution >= 4 is 0 Å². The molecule has 16 heavy (non-hydrogen) atoms. The van der Waals surface area contributed by atoms with E-state index in [1.165, 1.54) is 31.3 Å². The zero-order valence-corrected chi connectivity index (χ0v) is 11.2. The summed E-state index contributed by atoms with van der Waals surface area (Å²) < 4.78 is 0. The molecule has 1 nitrogen and oxygen atoms in total. The summed E-state index contributed by atoms with van der Waals surface area (Å²) in [5, 5.41) is 9.69. The van der Waals surface area contributed by atoms with Crippen molar-refractivity contribution in [3.05, 3.63) is 11.6 Å². The summed E-state index contributed by atoms with van der Waals surface area (Å²) >= 11 is 0. The lowest BCUT2D eigenvalue weighted by molar-refractivity contribution is -0.0509. The number of aliphatic hydroxyl groups is 1. The van der Waals surface area contributed by atoms with Gasteiger partial charge in [0.2, 0.25) is 0 Å². The topological polar surface area (TPSA) is 20.2 Å². The van der Waals surface area contributed by atoms with Crippen LogP contribution in [0.4, 0.5) is 0 Å². The lowest BCUT2D eigenvalue weighted by Crippen LogP contribution is -2.49. The van der Waals surface area contributed by atoms with E-state index in [1.54, 1.807) is 0 Å². The third-order valence-corrected chi connectivity index (χ3v) is 5.48. The monoisotopic (exact) mass is 222 g/mol. The molecule has 0 spiro atoms. The van der Waals surface area contributed by atoms with Crippen molar-refractivity contribution in [1.82, 2.24) is 0 Å². The summed E-state index contributed by atoms with van der Waals surface area (Å²) in [7, 11) is 0. The fourth-order valence-corrected chi connectivity index (χ4v) is 4.49. The van der Waals surface area contributed by atoms with Crippen LogP contribution in [0, 0.1) is 22.7 Å². The second-order valence-corrected chi connectivity index (χ2v) is 6.82. The van der Waals surface area contributed by atoms with Crippen molar-refractivity contribution in [3.63, 3.8) is 0 Å². The molecule has 1 N–H and O–H groups in total. The molecule has 0 radical (unpaired) electrons. The van der Waals surface area contributed by atoms with Gasteiger partial charge in [0, 0.05) is 5.92 Å². The quantitative estimate of drug-likeness (QED) is 0.669. The van der Waals surface area contributed by atoms with Crippen molar-refractivity contribution in [2.75, 3.05) is 6.61 Å². The molecule has 0 aliphatic heterocycles. The number of allylic oxidation sites excluding steroid dienone is 1. The van der Waals surface area contributed by atoms with Gasteiger partial charge in [-0.15, -0.1) is 0 Å². The lowest BCUT2D eigenvalue weighted by Gasteiger charge is -2.56. The first kappa shape index (κ1) is 12.2. The van der Waals surface area contributed by atoms with Crippen LogP contribution in [0.15, 0.2) is 11.6 Å². The summed E-state index contributed by atoms with van der Waals surface area (Å²) in [6, 6.07) is 0. The summed E-state index contributed by atoms with van der Waals surface area (Å²) in [6.07, 6.45) is 7.55. The molecule has 0 aromatic rings. The molecule has 1 saturated carbocycles. The van der Waals surface area contributed by atoms with Gasteiger partial charge in [-0.25, -0.2) is 0 Å². The molecule has 0 saturated heterocycles. The van der Waals surface area contributed by atoms with Crippen LogP contribution in [0.5, 0.6) is 0 Å². The van der Waals surface area contributed by atoms with E-state index in [1.807, 2.05) is 0 Å². The van der Waals surface area contributed by atoms with E-state index in [2.05, 4.69) is 33.8 Å². The number of hydrogen-bond acceptors (Lipinski definition) is 1. The van der Waals surface area contributed by atoms with E-state index in [9.17, 15) is 5.11 Å². The first-order chi connectivity index (χ1) is 7.42. The van der Waals surface area contributed by atoms with Gasteiger partial charge in [0.1, 0.15) is 0 Å². The smallest absolute Gasteiger partial charge is 0.0501 e. The zero-order valence-electron chi connectivity index (χ0n) is 11.2. The Bertz CT molecular complexity index is 303. The molecule has 3 atom stereocenters. The Hall–Kier alpha value is -0.300. The van der Waals surface area contributed by atoms with Crippen LogP contribution in [0.2, 0.25) is 0 Å². The Labute approximate surface area is 99.9 Å². The molecule has 1 fully saturated rings. The highest BCUT2D eigenvalue weighted by atomic mass is 16.3. The Morgan fingerprint density at radius 2 is 2.00 bits per heavy atom. The fourth-order valence-electron chi connectivity index (χ4n) is 4.49. The van der Waals surface area contributed by atoms with Crippen LogP contribution in [-0.2, 0) is 0 Å². The van der Waals surface area contributed by atoms with Gasteiger partial charge in [0.05, 0.1) is 6.61 Å². The number of fused-ring (bicyclic) bond motifs is 1. The molecular weight excluding hydrogens is 196 g/mol. The largest absolute Gasteiger partial charge is 0.396 e. The Kier molecular flexibility index (Phi) is 2.94. The van der Waals surface area contributed by atoms with Crippen molar-refractivity contribution < 1.29 is 5.11 Å². The van der Waals surface area contributed by atoms with E-state index in [0.717, 1.165) is 5.92 Å². The molecule has 0 aromatic carbocycles. The van der Waals surface area contributed by atoms with Crippen LogP contribution in [-0.4, -0.2) is 11.7 Å². The van der Waals surface area contributed by atoms with Crippen molar-refractivity contribution in [3.8, 4) is 0 Å². The normalized spacial score (nSPS) is 42.4. The average Bonchev–Trinajstić information content (AvgIpc) is 2.15. The van der Waals surface area contributed by atoms with Crippen LogP contribution in [0.1, 0.15) is 53.4 Å². The predicted octanol–water partition coefficient (Wildman–Crippen LogP) is 3.78. The highest BCUT2D eigenvalue weighted by Crippen LogP contribution is 2.59. The molecular formula is C15H26O. The maximum atomic E-state index is 9.69. The molecule has 0 aromatic heterocycles. The van der Waals surface area contributed by atoms with Gasteiger partial charge in [-0.1, -0.05) is 38.8 Å². The van der Waals surface area contributed by atoms with Gasteiger partial charge < -0.3 is 5.11 Å². The second kappa shape index (κ2) is 3.87. The third kappa shape index (κ3) is 1.64. The first-order valence-electron chi connectivity index (χ1n) is 6.69. The van der Waals surface area contributed by atoms with Crippen LogP contribution >= 0.6 is 0 Å². The highest BCUT2D eigenvalue weighted by Gasteiger charge is 2.51. The van der Waals surface area contributed by atoms with Crippen molar-refractivity contribution in [2.24, 2.45) is 22.7 Å². The molecule has 0 amide bonds. The Morgan fingerprint density at radius 3 is 2.62 bits per heavy atom. The lowest BCUT2D eigenvalue weighted by atomic mass is 9.49. The van der Waals surface area contributed by atoms with Crippen molar-refractivity contribution in [2.45, 2.75) is 53.4 Å². The highest BCUT2D eigenvalue weighted by molar-refractivity contribution is 5.18. The van der Waals surface area contributed by atoms with Crippen LogP contribution in [0.25, 0.3) is 0 Å². The minimum atomic E-state index is 0.325. The van der Waals surface area contributed by atoms with Gasteiger partial charge in [0.25, 0.3) is 0 Å². The van der Waals surface area contributed by atoms with E-state index < -0.39 is 0 Å². The minimum absolute atomic E-state index is 0.325. The first-order valence-corrected chi connectivity index (χ1v) is 6.69. The maximum absolute atomic E-state index is 9.69. The maximum Gasteiger partial charge on any atom is 0.0501 e. The average molecular weight is 222 g/mol. The van der Waals surface area contributed by atoms with E-state index in [4.69, 9.17) is 0 Å². The standard InChI is InChI=1S/C15H26O/c1-11-6-7-13-14(2,3)8-5-9-15(13,4)12(11)10-16/h6,12-13,16H,5,7-10H2,1-4H3/t12-,13+,15-/m1/s1. The van der Waals surface area contributed by atoms with E-state index in [-0.39, 0.29) is 0 Å². The van der Waals surface area contributed by atoms with Gasteiger partial charge >= 0.3 is 0 Å². The molecule has 0 unspecified atom stereocenters. The molecule has 2 aliphatic rings. The molecule has 2 aliphatic carbocycles. The summed E-state index contributed by atoms with van der Waals surface area (Å²) in [5.41, 5.74) is 2.19. The van der Waals surface area contributed by atoms with Gasteiger partial charge in [-0.2, -0.15) is 0 Å². The Morgan fingerprint density at radius 1 is 1.31 bits per heavy atom. The second-order valence-electron chi connectivity index (χ2n) is 6.82. The molecule has 1 heteroatoms. The van der Waals surface area contributed by atoms with E-state index >= 15 is 0 Å². The van der Waals surface area contributed by atoms with Crippen LogP contribution < -0.4 is 0 Å². The molecule has 2 rings (SSSR count). The number of hydrogen-bond donors (Lipinski definition) is 1. The van der Waals surface area contributed by atoms with Crippen LogP contribution in [0.3, 0.4) is 0 Å². The van der Waals surface area contributed by atoms with Gasteiger partial charge in [0.15, 0.2) is 0 Å². The molecule has 92 valence electrons. The number of aliphatic hydroxyl groups excluding tert-OH is 1. The molecule has 0 bridgehead atoms. The summed E-state index contributed by atoms with van der Waals surface area (Å²) in [6.45, 7) is 9.77. The number of rotatable bonds is 1. The Balaban J connectivity index is 2.39. The SMILES string of the molecule is CC1=CC[C@H]2C(C)(C)CCC[C@]2(C)[C@@H]1CO. The van der Waals surface area contributed by atoms with E-state index in [0.29, 0.717) is 23.4 Å². The molecule has 0 heterocycles. The zero-order chi connectivity index (χ0) is 12.0. The summed E-state index contributed by atoms with van der Waals surface area (Å²) in [5.74, 6) is 1.14.